The lowest BCUT2D eigenvalue weighted by Crippen LogP contribution is -2.13. The number of hydrogen-bond acceptors (Lipinski definition) is 7. The second-order valence-electron chi connectivity index (χ2n) is 7.46. The second kappa shape index (κ2) is 9.90. The van der Waals surface area contributed by atoms with Crippen molar-refractivity contribution in [3.8, 4) is 0 Å². The van der Waals surface area contributed by atoms with Gasteiger partial charge in [0.1, 0.15) is 0 Å². The van der Waals surface area contributed by atoms with Gasteiger partial charge in [-0.1, -0.05) is 43.3 Å². The summed E-state index contributed by atoms with van der Waals surface area (Å²) in [5.74, 6) is 0.0629. The molecule has 11 heteroatoms. The zero-order chi connectivity index (χ0) is 22.6. The van der Waals surface area contributed by atoms with Gasteiger partial charge in [0.2, 0.25) is 0 Å². The van der Waals surface area contributed by atoms with Gasteiger partial charge in [-0.05, 0) is 31.2 Å². The minimum absolute atomic E-state index is 0.00125. The Morgan fingerprint density at radius 2 is 1.68 bits per heavy atom. The Balaban J connectivity index is 2.09. The summed E-state index contributed by atoms with van der Waals surface area (Å²) in [5.41, 5.74) is 0.152. The number of hydrogen-bond donors (Lipinski definition) is 2. The lowest BCUT2D eigenvalue weighted by molar-refractivity contribution is 0.103. The van der Waals surface area contributed by atoms with E-state index in [9.17, 15) is 23.7 Å². The Bertz CT molecular complexity index is 988. The normalized spacial score (nSPS) is 18.8. The molecule has 170 valence electrons. The van der Waals surface area contributed by atoms with Crippen LogP contribution in [0.3, 0.4) is 0 Å². The molecule has 1 heterocycles. The quantitative estimate of drug-likeness (QED) is 0.323. The molecule has 1 fully saturated rings. The lowest BCUT2D eigenvalue weighted by Gasteiger charge is -2.27. The molecule has 1 aliphatic rings. The number of carbonyl (C=O) groups is 1. The summed E-state index contributed by atoms with van der Waals surface area (Å²) in [6.45, 7) is 3.30. The number of aromatic nitrogens is 1. The van der Waals surface area contributed by atoms with Gasteiger partial charge in [0.05, 0.1) is 25.0 Å². The van der Waals surface area contributed by atoms with Crippen molar-refractivity contribution in [1.82, 2.24) is 5.16 Å². The molecule has 1 aliphatic carbocycles. The third-order valence-corrected chi connectivity index (χ3v) is 9.50. The highest BCUT2D eigenvalue weighted by Crippen LogP contribution is 2.74. The molecule has 3 rings (SSSR count). The van der Waals surface area contributed by atoms with Crippen LogP contribution in [-0.2, 0) is 18.2 Å². The molecule has 0 aliphatic heterocycles. The highest BCUT2D eigenvalue weighted by Gasteiger charge is 2.50. The van der Waals surface area contributed by atoms with Crippen molar-refractivity contribution in [2.75, 3.05) is 13.2 Å². The van der Waals surface area contributed by atoms with Gasteiger partial charge in [-0.3, -0.25) is 13.9 Å². The summed E-state index contributed by atoms with van der Waals surface area (Å²) in [4.78, 5) is 34.7. The fraction of sp³-hybridized carbons (Fsp3) is 0.500. The second-order valence-corrected chi connectivity index (χ2v) is 11.7. The Kier molecular flexibility index (Phi) is 7.68. The highest BCUT2D eigenvalue weighted by atomic mass is 31.2. The third kappa shape index (κ3) is 5.43. The number of rotatable bonds is 12. The van der Waals surface area contributed by atoms with Gasteiger partial charge in [0, 0.05) is 11.5 Å². The Morgan fingerprint density at radius 3 is 2.23 bits per heavy atom. The molecule has 0 saturated heterocycles. The van der Waals surface area contributed by atoms with Gasteiger partial charge < -0.3 is 23.4 Å². The third-order valence-electron chi connectivity index (χ3n) is 4.85. The standard InChI is InChI=1S/C20H27NO8P2/c1-3-11-27-30(23,24)20(31(25,26)28-12-4-2)16-8-6-5-7-15(16)18(22)17-13-21-29-19(17)14-9-10-14/h5-8,13-14,20H,3-4,9-12H2,1-2H3,(H,23,24)(H,25,26). The number of carbonyl (C=O) groups excluding carboxylic acids is 1. The monoisotopic (exact) mass is 471 g/mol. The predicted molar refractivity (Wildman–Crippen MR) is 113 cm³/mol. The SMILES string of the molecule is CCCOP(=O)(O)C(c1ccccc1C(=O)c1cnoc1C1CC1)P(=O)(O)OCCC. The van der Waals surface area contributed by atoms with E-state index in [-0.39, 0.29) is 35.8 Å². The van der Waals surface area contributed by atoms with Crippen molar-refractivity contribution >= 4 is 21.0 Å². The lowest BCUT2D eigenvalue weighted by atomic mass is 9.98. The summed E-state index contributed by atoms with van der Waals surface area (Å²) >= 11 is 0. The highest BCUT2D eigenvalue weighted by molar-refractivity contribution is 7.71. The molecule has 0 radical (unpaired) electrons. The van der Waals surface area contributed by atoms with E-state index in [1.807, 2.05) is 0 Å². The van der Waals surface area contributed by atoms with Crippen molar-refractivity contribution in [1.29, 1.82) is 0 Å². The van der Waals surface area contributed by atoms with E-state index in [2.05, 4.69) is 5.16 Å². The van der Waals surface area contributed by atoms with Crippen molar-refractivity contribution < 1.29 is 37.3 Å². The van der Waals surface area contributed by atoms with E-state index in [0.717, 1.165) is 12.8 Å². The zero-order valence-electron chi connectivity index (χ0n) is 17.5. The zero-order valence-corrected chi connectivity index (χ0v) is 19.3. The van der Waals surface area contributed by atoms with Crippen LogP contribution in [0.1, 0.15) is 78.1 Å². The van der Waals surface area contributed by atoms with Crippen molar-refractivity contribution in [2.24, 2.45) is 0 Å². The van der Waals surface area contributed by atoms with Gasteiger partial charge in [-0.25, -0.2) is 0 Å². The molecule has 0 bridgehead atoms. The number of benzene rings is 1. The van der Waals surface area contributed by atoms with Crippen LogP contribution >= 0.6 is 15.2 Å². The van der Waals surface area contributed by atoms with E-state index < -0.39 is 26.4 Å². The maximum Gasteiger partial charge on any atom is 0.347 e. The molecule has 2 N–H and O–H groups in total. The van der Waals surface area contributed by atoms with Crippen LogP contribution in [0, 0.1) is 0 Å². The molecule has 0 amide bonds. The van der Waals surface area contributed by atoms with Crippen molar-refractivity contribution in [3.05, 3.63) is 52.9 Å². The smallest absolute Gasteiger partial charge is 0.347 e. The molecule has 31 heavy (non-hydrogen) atoms. The van der Waals surface area contributed by atoms with Crippen LogP contribution in [-0.4, -0.2) is 33.9 Å². The van der Waals surface area contributed by atoms with E-state index in [1.165, 1.54) is 24.4 Å². The molecule has 1 saturated carbocycles. The minimum atomic E-state index is -4.69. The first-order chi connectivity index (χ1) is 14.7. The average molecular weight is 471 g/mol. The number of nitrogens with zero attached hydrogens (tertiary/aromatic N) is 1. The molecule has 2 unspecified atom stereocenters. The van der Waals surface area contributed by atoms with E-state index in [1.54, 1.807) is 19.9 Å². The summed E-state index contributed by atoms with van der Waals surface area (Å²) in [7, 11) is -9.39. The fourth-order valence-corrected chi connectivity index (χ4v) is 7.45. The first-order valence-electron chi connectivity index (χ1n) is 10.2. The summed E-state index contributed by atoms with van der Waals surface area (Å²) in [5, 5.41) is 1.80. The average Bonchev–Trinajstić information content (AvgIpc) is 3.46. The van der Waals surface area contributed by atoms with Gasteiger partial charge in [-0.15, -0.1) is 0 Å². The van der Waals surface area contributed by atoms with Crippen LogP contribution in [0.25, 0.3) is 0 Å². The Labute approximate surface area is 180 Å². The van der Waals surface area contributed by atoms with Gasteiger partial charge >= 0.3 is 15.2 Å². The van der Waals surface area contributed by atoms with E-state index in [4.69, 9.17) is 13.6 Å². The van der Waals surface area contributed by atoms with Crippen LogP contribution in [0.2, 0.25) is 0 Å². The van der Waals surface area contributed by atoms with E-state index >= 15 is 0 Å². The maximum atomic E-state index is 13.3. The summed E-state index contributed by atoms with van der Waals surface area (Å²) in [6.07, 6.45) is 3.92. The Hall–Kier alpha value is -1.60. The molecule has 0 spiro atoms. The first kappa shape index (κ1) is 24.1. The molecule has 1 aromatic carbocycles. The molecule has 1 aromatic heterocycles. The minimum Gasteiger partial charge on any atom is -0.360 e. The first-order valence-corrected chi connectivity index (χ1v) is 13.5. The van der Waals surface area contributed by atoms with Gasteiger partial charge in [0.25, 0.3) is 0 Å². The van der Waals surface area contributed by atoms with Gasteiger partial charge in [0.15, 0.2) is 16.9 Å². The molecule has 2 atom stereocenters. The van der Waals surface area contributed by atoms with Crippen molar-refractivity contribution in [3.63, 3.8) is 0 Å². The summed E-state index contributed by atoms with van der Waals surface area (Å²) < 4.78 is 41.7. The number of ketones is 1. The Morgan fingerprint density at radius 1 is 1.10 bits per heavy atom. The van der Waals surface area contributed by atoms with Crippen LogP contribution < -0.4 is 0 Å². The molecule has 2 aromatic rings. The summed E-state index contributed by atoms with van der Waals surface area (Å²) in [6, 6.07) is 5.91. The fourth-order valence-electron chi connectivity index (χ4n) is 3.25. The largest absolute Gasteiger partial charge is 0.360 e. The maximum absolute atomic E-state index is 13.3. The predicted octanol–water partition coefficient (Wildman–Crippen LogP) is 5.01. The van der Waals surface area contributed by atoms with Crippen LogP contribution in [0.4, 0.5) is 0 Å². The molecule has 9 nitrogen and oxygen atoms in total. The van der Waals surface area contributed by atoms with E-state index in [0.29, 0.717) is 18.6 Å². The van der Waals surface area contributed by atoms with Crippen molar-refractivity contribution in [2.45, 2.75) is 50.8 Å². The van der Waals surface area contributed by atoms with Gasteiger partial charge in [-0.2, -0.15) is 0 Å². The molecular formula is C20H27NO8P2. The topological polar surface area (TPSA) is 136 Å². The van der Waals surface area contributed by atoms with Crippen LogP contribution in [0.5, 0.6) is 0 Å². The van der Waals surface area contributed by atoms with Crippen LogP contribution in [0.15, 0.2) is 35.0 Å². The molecular weight excluding hydrogens is 444 g/mol.